The van der Waals surface area contributed by atoms with Gasteiger partial charge in [-0.3, -0.25) is 4.68 Å². The largest absolute Gasteiger partial charge is 0.387 e. The van der Waals surface area contributed by atoms with E-state index in [1.807, 2.05) is 17.8 Å². The molecule has 1 heterocycles. The molecule has 4 nitrogen and oxygen atoms in total. The number of aliphatic hydroxyl groups excluding tert-OH is 1. The van der Waals surface area contributed by atoms with Crippen molar-refractivity contribution in [3.05, 3.63) is 51.8 Å². The van der Waals surface area contributed by atoms with Crippen molar-refractivity contribution in [3.8, 4) is 0 Å². The highest BCUT2D eigenvalue weighted by Gasteiger charge is 2.11. The average molecular weight is 314 g/mol. The lowest BCUT2D eigenvalue weighted by molar-refractivity contribution is 0.175. The molecule has 1 unspecified atom stereocenters. The molecule has 1 aromatic carbocycles. The number of aryl methyl sites for hydroxylation is 1. The van der Waals surface area contributed by atoms with E-state index in [9.17, 15) is 5.11 Å². The van der Waals surface area contributed by atoms with E-state index in [1.165, 1.54) is 0 Å². The van der Waals surface area contributed by atoms with Crippen molar-refractivity contribution in [2.24, 2.45) is 7.05 Å². The van der Waals surface area contributed by atoms with Crippen LogP contribution in [0.5, 0.6) is 0 Å². The van der Waals surface area contributed by atoms with Gasteiger partial charge in [0.25, 0.3) is 0 Å². The summed E-state index contributed by atoms with van der Waals surface area (Å²) >= 11 is 12.0. The third-order valence-corrected chi connectivity index (χ3v) is 3.71. The smallest absolute Gasteiger partial charge is 0.0929 e. The molecule has 0 aliphatic heterocycles. The van der Waals surface area contributed by atoms with Crippen LogP contribution in [0.15, 0.2) is 30.5 Å². The maximum absolute atomic E-state index is 10.1. The van der Waals surface area contributed by atoms with Gasteiger partial charge in [0.1, 0.15) is 0 Å². The molecule has 0 fully saturated rings. The van der Waals surface area contributed by atoms with E-state index in [0.717, 1.165) is 18.7 Å². The van der Waals surface area contributed by atoms with Gasteiger partial charge in [-0.2, -0.15) is 5.10 Å². The minimum Gasteiger partial charge on any atom is -0.387 e. The van der Waals surface area contributed by atoms with Crippen molar-refractivity contribution in [1.82, 2.24) is 15.1 Å². The zero-order chi connectivity index (χ0) is 14.5. The van der Waals surface area contributed by atoms with Crippen LogP contribution in [0.1, 0.15) is 17.4 Å². The average Bonchev–Trinajstić information content (AvgIpc) is 2.83. The molecule has 0 aliphatic rings. The van der Waals surface area contributed by atoms with E-state index in [2.05, 4.69) is 10.4 Å². The predicted molar refractivity (Wildman–Crippen MR) is 81.2 cm³/mol. The minimum atomic E-state index is -0.673. The molecule has 2 N–H and O–H groups in total. The van der Waals surface area contributed by atoms with Gasteiger partial charge in [0.05, 0.1) is 6.10 Å². The first-order chi connectivity index (χ1) is 9.58. The van der Waals surface area contributed by atoms with E-state index >= 15 is 0 Å². The molecule has 6 heteroatoms. The van der Waals surface area contributed by atoms with Crippen LogP contribution in [0.2, 0.25) is 10.0 Å². The summed E-state index contributed by atoms with van der Waals surface area (Å²) in [6.07, 6.45) is 1.95. The standard InChI is InChI=1S/C14H17Cl2N3O/c1-19-11(5-7-18-19)4-6-17-9-14(20)12-8-10(15)2-3-13(12)16/h2-3,5,7-8,14,17,20H,4,6,9H2,1H3. The number of hydrogen-bond donors (Lipinski definition) is 2. The molecule has 0 saturated carbocycles. The first-order valence-electron chi connectivity index (χ1n) is 6.38. The Balaban J connectivity index is 1.82. The van der Waals surface area contributed by atoms with Gasteiger partial charge in [0.15, 0.2) is 0 Å². The van der Waals surface area contributed by atoms with Crippen molar-refractivity contribution in [1.29, 1.82) is 0 Å². The highest BCUT2D eigenvalue weighted by molar-refractivity contribution is 6.33. The summed E-state index contributed by atoms with van der Waals surface area (Å²) in [4.78, 5) is 0. The monoisotopic (exact) mass is 313 g/mol. The summed E-state index contributed by atoms with van der Waals surface area (Å²) in [7, 11) is 1.91. The maximum atomic E-state index is 10.1. The highest BCUT2D eigenvalue weighted by Crippen LogP contribution is 2.25. The second-order valence-corrected chi connectivity index (χ2v) is 5.43. The first kappa shape index (κ1) is 15.3. The lowest BCUT2D eigenvalue weighted by Crippen LogP contribution is -2.24. The molecule has 1 atom stereocenters. The second kappa shape index (κ2) is 7.09. The summed E-state index contributed by atoms with van der Waals surface area (Å²) in [5, 5.41) is 18.5. The summed E-state index contributed by atoms with van der Waals surface area (Å²) < 4.78 is 1.84. The number of hydrogen-bond acceptors (Lipinski definition) is 3. The second-order valence-electron chi connectivity index (χ2n) is 4.58. The Hall–Kier alpha value is -1.07. The molecule has 0 radical (unpaired) electrons. The minimum absolute atomic E-state index is 0.428. The fraction of sp³-hybridized carbons (Fsp3) is 0.357. The molecular weight excluding hydrogens is 297 g/mol. The Morgan fingerprint density at radius 2 is 2.15 bits per heavy atom. The molecule has 2 aromatic rings. The summed E-state index contributed by atoms with van der Waals surface area (Å²) in [5.41, 5.74) is 1.79. The van der Waals surface area contributed by atoms with Gasteiger partial charge in [0.2, 0.25) is 0 Å². The third-order valence-electron chi connectivity index (χ3n) is 3.14. The van der Waals surface area contributed by atoms with E-state index in [0.29, 0.717) is 22.2 Å². The van der Waals surface area contributed by atoms with E-state index in [1.54, 1.807) is 24.4 Å². The zero-order valence-electron chi connectivity index (χ0n) is 11.2. The van der Waals surface area contributed by atoms with Crippen LogP contribution in [0.4, 0.5) is 0 Å². The Morgan fingerprint density at radius 3 is 2.85 bits per heavy atom. The zero-order valence-corrected chi connectivity index (χ0v) is 12.7. The number of nitrogens with one attached hydrogen (secondary N) is 1. The Labute approximate surface area is 128 Å². The molecular formula is C14H17Cl2N3O. The maximum Gasteiger partial charge on any atom is 0.0929 e. The van der Waals surface area contributed by atoms with Crippen molar-refractivity contribution < 1.29 is 5.11 Å². The molecule has 108 valence electrons. The van der Waals surface area contributed by atoms with Gasteiger partial charge in [0, 0.05) is 54.1 Å². The highest BCUT2D eigenvalue weighted by atomic mass is 35.5. The molecule has 1 aromatic heterocycles. The summed E-state index contributed by atoms with van der Waals surface area (Å²) in [5.74, 6) is 0. The van der Waals surface area contributed by atoms with Crippen LogP contribution in [0.3, 0.4) is 0 Å². The van der Waals surface area contributed by atoms with Crippen LogP contribution in [0.25, 0.3) is 0 Å². The molecule has 0 saturated heterocycles. The molecule has 0 aliphatic carbocycles. The van der Waals surface area contributed by atoms with Crippen LogP contribution < -0.4 is 5.32 Å². The number of aliphatic hydroxyl groups is 1. The van der Waals surface area contributed by atoms with Gasteiger partial charge in [-0.05, 0) is 24.3 Å². The molecule has 2 rings (SSSR count). The SMILES string of the molecule is Cn1nccc1CCNCC(O)c1cc(Cl)ccc1Cl. The van der Waals surface area contributed by atoms with E-state index < -0.39 is 6.10 Å². The van der Waals surface area contributed by atoms with Crippen molar-refractivity contribution >= 4 is 23.2 Å². The fourth-order valence-electron chi connectivity index (χ4n) is 1.98. The van der Waals surface area contributed by atoms with E-state index in [-0.39, 0.29) is 0 Å². The number of halogens is 2. The van der Waals surface area contributed by atoms with Crippen LogP contribution in [-0.4, -0.2) is 28.0 Å². The van der Waals surface area contributed by atoms with Crippen LogP contribution >= 0.6 is 23.2 Å². The number of aromatic nitrogens is 2. The van der Waals surface area contributed by atoms with Crippen LogP contribution in [0, 0.1) is 0 Å². The van der Waals surface area contributed by atoms with E-state index in [4.69, 9.17) is 23.2 Å². The lowest BCUT2D eigenvalue weighted by atomic mass is 10.1. The fourth-order valence-corrected chi connectivity index (χ4v) is 2.41. The van der Waals surface area contributed by atoms with Gasteiger partial charge in [-0.15, -0.1) is 0 Å². The first-order valence-corrected chi connectivity index (χ1v) is 7.14. The number of benzene rings is 1. The van der Waals surface area contributed by atoms with Crippen molar-refractivity contribution in [3.63, 3.8) is 0 Å². The third kappa shape index (κ3) is 3.96. The Morgan fingerprint density at radius 1 is 1.35 bits per heavy atom. The van der Waals surface area contributed by atoms with Gasteiger partial charge in [-0.25, -0.2) is 0 Å². The van der Waals surface area contributed by atoms with Gasteiger partial charge >= 0.3 is 0 Å². The molecule has 0 bridgehead atoms. The summed E-state index contributed by atoms with van der Waals surface area (Å²) in [6.45, 7) is 1.19. The van der Waals surface area contributed by atoms with Crippen molar-refractivity contribution in [2.75, 3.05) is 13.1 Å². The van der Waals surface area contributed by atoms with Crippen molar-refractivity contribution in [2.45, 2.75) is 12.5 Å². The number of nitrogens with zero attached hydrogens (tertiary/aromatic N) is 2. The lowest BCUT2D eigenvalue weighted by Gasteiger charge is -2.14. The van der Waals surface area contributed by atoms with Gasteiger partial charge < -0.3 is 10.4 Å². The molecule has 0 spiro atoms. The molecule has 20 heavy (non-hydrogen) atoms. The Bertz CT molecular complexity index is 571. The molecule has 0 amide bonds. The summed E-state index contributed by atoms with van der Waals surface area (Å²) in [6, 6.07) is 7.07. The van der Waals surface area contributed by atoms with Gasteiger partial charge in [-0.1, -0.05) is 23.2 Å². The predicted octanol–water partition coefficient (Wildman–Crippen LogP) is 2.59. The normalized spacial score (nSPS) is 12.6. The number of rotatable bonds is 6. The quantitative estimate of drug-likeness (QED) is 0.806. The van der Waals surface area contributed by atoms with Crippen LogP contribution in [-0.2, 0) is 13.5 Å². The topological polar surface area (TPSA) is 50.1 Å². The Kier molecular flexibility index (Phi) is 5.43.